The van der Waals surface area contributed by atoms with Gasteiger partial charge in [-0.3, -0.25) is 0 Å². The molecule has 11 heavy (non-hydrogen) atoms. The van der Waals surface area contributed by atoms with Crippen LogP contribution in [0.4, 0.5) is 0 Å². The maximum absolute atomic E-state index is 10.8. The Kier molecular flexibility index (Phi) is 2.37. The molecule has 0 unspecified atom stereocenters. The molecule has 0 fully saturated rings. The molecule has 58 valence electrons. The van der Waals surface area contributed by atoms with Gasteiger partial charge in [-0.05, 0) is 12.2 Å². The number of rotatable bonds is 1. The van der Waals surface area contributed by atoms with Crippen molar-refractivity contribution in [1.82, 2.24) is 0 Å². The molecular weight excluding hydrogens is 148 g/mol. The van der Waals surface area contributed by atoms with Crippen molar-refractivity contribution in [3.8, 4) is 0 Å². The van der Waals surface area contributed by atoms with Crippen molar-refractivity contribution in [3.05, 3.63) is 24.1 Å². The van der Waals surface area contributed by atoms with E-state index in [0.29, 0.717) is 0 Å². The lowest BCUT2D eigenvalue weighted by Gasteiger charge is -1.93. The van der Waals surface area contributed by atoms with Crippen LogP contribution in [-0.2, 0) is 14.4 Å². The van der Waals surface area contributed by atoms with Crippen LogP contribution in [0, 0.1) is 0 Å². The monoisotopic (exact) mass is 154 g/mol. The predicted molar refractivity (Wildman–Crippen MR) is 35.2 cm³/mol. The second-order valence-electron chi connectivity index (χ2n) is 1.66. The molecule has 0 aliphatic carbocycles. The minimum Gasteiger partial charge on any atom is -0.464 e. The van der Waals surface area contributed by atoms with Crippen LogP contribution in [0.1, 0.15) is 0 Å². The lowest BCUT2D eigenvalue weighted by Crippen LogP contribution is -2.01. The van der Waals surface area contributed by atoms with Gasteiger partial charge in [0.15, 0.2) is 5.70 Å². The Bertz CT molecular complexity index is 242. The molecule has 0 spiro atoms. The molecule has 1 heterocycles. The van der Waals surface area contributed by atoms with Crippen LogP contribution < -0.4 is 0 Å². The van der Waals surface area contributed by atoms with Gasteiger partial charge in [0.2, 0.25) is 0 Å². The number of nitrogens with zero attached hydrogens (tertiary/aromatic N) is 2. The van der Waals surface area contributed by atoms with E-state index in [9.17, 15) is 4.79 Å². The van der Waals surface area contributed by atoms with Crippen LogP contribution in [0.15, 0.2) is 34.5 Å². The average molecular weight is 154 g/mol. The topological polar surface area (TPSA) is 60.2 Å². The van der Waals surface area contributed by atoms with Gasteiger partial charge < -0.3 is 9.57 Å². The fourth-order valence-corrected chi connectivity index (χ4v) is 0.507. The van der Waals surface area contributed by atoms with E-state index >= 15 is 0 Å². The third kappa shape index (κ3) is 1.89. The van der Waals surface area contributed by atoms with Crippen molar-refractivity contribution >= 4 is 5.97 Å². The first-order valence-electron chi connectivity index (χ1n) is 2.86. The summed E-state index contributed by atoms with van der Waals surface area (Å²) in [6.07, 6.45) is 4.26. The Morgan fingerprint density at radius 2 is 2.55 bits per heavy atom. The van der Waals surface area contributed by atoms with E-state index in [2.05, 4.69) is 20.0 Å². The molecular formula is C6H6N2O3. The summed E-state index contributed by atoms with van der Waals surface area (Å²) in [5, 5.41) is 6.61. The quantitative estimate of drug-likeness (QED) is 0.528. The minimum absolute atomic E-state index is 0.112. The molecule has 1 aliphatic rings. The fraction of sp³-hybridized carbons (Fsp3) is 0.167. The number of hydrogen-bond acceptors (Lipinski definition) is 5. The third-order valence-electron chi connectivity index (χ3n) is 0.984. The van der Waals surface area contributed by atoms with Crippen LogP contribution >= 0.6 is 0 Å². The third-order valence-corrected chi connectivity index (χ3v) is 0.984. The Balaban J connectivity index is 2.77. The van der Waals surface area contributed by atoms with Crippen LogP contribution in [0.25, 0.3) is 0 Å². The molecule has 0 amide bonds. The Morgan fingerprint density at radius 3 is 3.27 bits per heavy atom. The summed E-state index contributed by atoms with van der Waals surface area (Å²) in [5.41, 5.74) is 0.112. The summed E-state index contributed by atoms with van der Waals surface area (Å²) in [5.74, 6) is -0.538. The highest BCUT2D eigenvalue weighted by atomic mass is 16.6. The van der Waals surface area contributed by atoms with Gasteiger partial charge in [0, 0.05) is 5.28 Å². The number of allylic oxidation sites excluding steroid dienone is 2. The van der Waals surface area contributed by atoms with Crippen LogP contribution in [-0.4, -0.2) is 13.1 Å². The van der Waals surface area contributed by atoms with Crippen molar-refractivity contribution < 1.29 is 14.4 Å². The molecule has 5 nitrogen and oxygen atoms in total. The zero-order valence-electron chi connectivity index (χ0n) is 5.85. The number of esters is 1. The Labute approximate surface area is 63.0 Å². The summed E-state index contributed by atoms with van der Waals surface area (Å²) >= 11 is 0. The first-order chi connectivity index (χ1) is 5.34. The maximum Gasteiger partial charge on any atom is 0.358 e. The highest BCUT2D eigenvalue weighted by Gasteiger charge is 2.07. The standard InChI is InChI=1S/C6H6N2O3/c1-10-6(9)5-3-2-4-11-8-7-5/h2-4H,1H3. The fourth-order valence-electron chi connectivity index (χ4n) is 0.507. The molecule has 0 radical (unpaired) electrons. The van der Waals surface area contributed by atoms with Gasteiger partial charge in [-0.25, -0.2) is 4.79 Å². The van der Waals surface area contributed by atoms with Gasteiger partial charge >= 0.3 is 5.97 Å². The van der Waals surface area contributed by atoms with Gasteiger partial charge in [0.25, 0.3) is 0 Å². The van der Waals surface area contributed by atoms with Gasteiger partial charge in [-0.2, -0.15) is 0 Å². The maximum atomic E-state index is 10.8. The molecule has 1 aliphatic heterocycles. The molecule has 0 atom stereocenters. The van der Waals surface area contributed by atoms with Gasteiger partial charge in [0.05, 0.1) is 7.11 Å². The Hall–Kier alpha value is -1.65. The highest BCUT2D eigenvalue weighted by Crippen LogP contribution is 2.04. The zero-order chi connectivity index (χ0) is 8.10. The number of carbonyl (C=O) groups excluding carboxylic acids is 1. The number of carbonyl (C=O) groups is 1. The second kappa shape index (κ2) is 3.50. The van der Waals surface area contributed by atoms with E-state index in [1.54, 1.807) is 0 Å². The predicted octanol–water partition coefficient (Wildman–Crippen LogP) is 0.954. The van der Waals surface area contributed by atoms with Crippen molar-refractivity contribution in [2.75, 3.05) is 7.11 Å². The summed E-state index contributed by atoms with van der Waals surface area (Å²) in [4.78, 5) is 15.2. The number of hydrogen-bond donors (Lipinski definition) is 0. The Morgan fingerprint density at radius 1 is 1.73 bits per heavy atom. The molecule has 0 aromatic rings. The van der Waals surface area contributed by atoms with Gasteiger partial charge in [-0.1, -0.05) is 0 Å². The number of methoxy groups -OCH3 is 1. The van der Waals surface area contributed by atoms with Crippen molar-refractivity contribution in [3.63, 3.8) is 0 Å². The van der Waals surface area contributed by atoms with E-state index in [0.717, 1.165) is 0 Å². The van der Waals surface area contributed by atoms with Crippen molar-refractivity contribution in [1.29, 1.82) is 0 Å². The summed E-state index contributed by atoms with van der Waals surface area (Å²) in [6, 6.07) is 0. The van der Waals surface area contributed by atoms with Crippen molar-refractivity contribution in [2.45, 2.75) is 0 Å². The molecule has 0 bridgehead atoms. The van der Waals surface area contributed by atoms with Crippen molar-refractivity contribution in [2.24, 2.45) is 10.4 Å². The molecule has 0 aromatic heterocycles. The van der Waals surface area contributed by atoms with Crippen LogP contribution in [0.3, 0.4) is 0 Å². The molecule has 5 heteroatoms. The van der Waals surface area contributed by atoms with E-state index in [1.807, 2.05) is 0 Å². The minimum atomic E-state index is -0.538. The van der Waals surface area contributed by atoms with Crippen LogP contribution in [0.5, 0.6) is 0 Å². The summed E-state index contributed by atoms with van der Waals surface area (Å²) in [6.45, 7) is 0. The highest BCUT2D eigenvalue weighted by molar-refractivity contribution is 5.88. The first-order valence-corrected chi connectivity index (χ1v) is 2.86. The molecule has 0 saturated heterocycles. The lowest BCUT2D eigenvalue weighted by atomic mass is 10.4. The SMILES string of the molecule is COC(=O)C1=CC=CON=N1. The molecule has 0 N–H and O–H groups in total. The van der Waals surface area contributed by atoms with Gasteiger partial charge in [0.1, 0.15) is 6.26 Å². The first kappa shape index (κ1) is 7.46. The summed E-state index contributed by atoms with van der Waals surface area (Å²) in [7, 11) is 1.27. The van der Waals surface area contributed by atoms with E-state index < -0.39 is 5.97 Å². The van der Waals surface area contributed by atoms with E-state index in [1.165, 1.54) is 25.5 Å². The second-order valence-corrected chi connectivity index (χ2v) is 1.66. The zero-order valence-corrected chi connectivity index (χ0v) is 5.85. The molecule has 1 rings (SSSR count). The number of ether oxygens (including phenoxy) is 1. The van der Waals surface area contributed by atoms with Gasteiger partial charge in [-0.15, -0.1) is 5.11 Å². The average Bonchev–Trinajstić information content (AvgIpc) is 2.30. The lowest BCUT2D eigenvalue weighted by molar-refractivity contribution is -0.136. The van der Waals surface area contributed by atoms with E-state index in [4.69, 9.17) is 0 Å². The summed E-state index contributed by atoms with van der Waals surface area (Å²) < 4.78 is 4.39. The normalized spacial score (nSPS) is 14.8. The van der Waals surface area contributed by atoms with E-state index in [-0.39, 0.29) is 5.70 Å². The smallest absolute Gasteiger partial charge is 0.358 e. The largest absolute Gasteiger partial charge is 0.464 e. The molecule has 0 aromatic carbocycles. The molecule has 0 saturated carbocycles. The van der Waals surface area contributed by atoms with Crippen LogP contribution in [0.2, 0.25) is 0 Å².